The number of benzene rings is 1. The van der Waals surface area contributed by atoms with Gasteiger partial charge in [0.25, 0.3) is 0 Å². The molecule has 0 spiro atoms. The van der Waals surface area contributed by atoms with Crippen LogP contribution in [-0.2, 0) is 9.59 Å². The normalized spacial score (nSPS) is 11.8. The summed E-state index contributed by atoms with van der Waals surface area (Å²) in [5.41, 5.74) is 0.526. The van der Waals surface area contributed by atoms with E-state index in [2.05, 4.69) is 5.32 Å². The van der Waals surface area contributed by atoms with Gasteiger partial charge in [0.1, 0.15) is 18.0 Å². The molecule has 1 aromatic carbocycles. The molecule has 0 saturated heterocycles. The molecule has 0 aromatic heterocycles. The summed E-state index contributed by atoms with van der Waals surface area (Å²) in [6, 6.07) is 4.14. The molecule has 6 nitrogen and oxygen atoms in total. The zero-order chi connectivity index (χ0) is 13.7. The Balaban J connectivity index is 2.62. The smallest absolute Gasteiger partial charge is 0.322 e. The molecule has 1 unspecified atom stereocenters. The van der Waals surface area contributed by atoms with Gasteiger partial charge in [-0.15, -0.1) is 0 Å². The van der Waals surface area contributed by atoms with Crippen LogP contribution in [0.1, 0.15) is 24.8 Å². The predicted molar refractivity (Wildman–Crippen MR) is 63.4 cm³/mol. The quantitative estimate of drug-likeness (QED) is 0.620. The molecule has 1 rings (SSSR count). The predicted octanol–water partition coefficient (Wildman–Crippen LogP) is 0.792. The van der Waals surface area contributed by atoms with Crippen LogP contribution < -0.4 is 5.32 Å². The highest BCUT2D eigenvalue weighted by molar-refractivity contribution is 5.81. The van der Waals surface area contributed by atoms with Crippen LogP contribution in [0.25, 0.3) is 0 Å². The first-order valence-electron chi connectivity index (χ1n) is 5.40. The standard InChI is InChI=1S/C12H15NO5/c1-7(4-11(16)13-6-12(17)18)9-3-2-8(14)5-10(9)15/h2-3,5,7,14-15H,4,6H2,1H3,(H,13,16)(H,17,18). The maximum absolute atomic E-state index is 11.4. The first kappa shape index (κ1) is 13.8. The number of phenolic OH excluding ortho intramolecular Hbond substituents is 2. The van der Waals surface area contributed by atoms with Crippen LogP contribution in [0, 0.1) is 0 Å². The topological polar surface area (TPSA) is 107 Å². The maximum Gasteiger partial charge on any atom is 0.322 e. The highest BCUT2D eigenvalue weighted by atomic mass is 16.4. The van der Waals surface area contributed by atoms with Crippen LogP contribution in [0.5, 0.6) is 11.5 Å². The van der Waals surface area contributed by atoms with Gasteiger partial charge in [0.05, 0.1) is 0 Å². The van der Waals surface area contributed by atoms with Gasteiger partial charge in [0, 0.05) is 12.5 Å². The van der Waals surface area contributed by atoms with Crippen LogP contribution in [0.15, 0.2) is 18.2 Å². The molecule has 0 aliphatic rings. The molecule has 0 saturated carbocycles. The van der Waals surface area contributed by atoms with Crippen LogP contribution in [0.3, 0.4) is 0 Å². The van der Waals surface area contributed by atoms with Crippen molar-refractivity contribution in [2.75, 3.05) is 6.54 Å². The zero-order valence-electron chi connectivity index (χ0n) is 9.88. The van der Waals surface area contributed by atoms with Crippen LogP contribution >= 0.6 is 0 Å². The Hall–Kier alpha value is -2.24. The summed E-state index contributed by atoms with van der Waals surface area (Å²) in [5, 5.41) is 29.4. The number of nitrogens with one attached hydrogen (secondary N) is 1. The van der Waals surface area contributed by atoms with Gasteiger partial charge in [-0.3, -0.25) is 9.59 Å². The second-order valence-electron chi connectivity index (χ2n) is 4.02. The number of rotatable bonds is 5. The fourth-order valence-electron chi connectivity index (χ4n) is 1.58. The minimum absolute atomic E-state index is 0.0567. The van der Waals surface area contributed by atoms with Gasteiger partial charge >= 0.3 is 5.97 Å². The molecule has 18 heavy (non-hydrogen) atoms. The van der Waals surface area contributed by atoms with Gasteiger partial charge in [0.2, 0.25) is 5.91 Å². The van der Waals surface area contributed by atoms with Gasteiger partial charge in [-0.05, 0) is 17.5 Å². The zero-order valence-corrected chi connectivity index (χ0v) is 9.88. The van der Waals surface area contributed by atoms with Gasteiger partial charge in [-0.25, -0.2) is 0 Å². The lowest BCUT2D eigenvalue weighted by molar-refractivity contribution is -0.138. The average molecular weight is 253 g/mol. The lowest BCUT2D eigenvalue weighted by Crippen LogP contribution is -2.29. The lowest BCUT2D eigenvalue weighted by Gasteiger charge is -2.13. The number of hydrogen-bond donors (Lipinski definition) is 4. The van der Waals surface area contributed by atoms with Crippen LogP contribution in [0.4, 0.5) is 0 Å². The number of aromatic hydroxyl groups is 2. The molecule has 0 heterocycles. The van der Waals surface area contributed by atoms with Gasteiger partial charge in [0.15, 0.2) is 0 Å². The van der Waals surface area contributed by atoms with Crippen molar-refractivity contribution in [2.24, 2.45) is 0 Å². The monoisotopic (exact) mass is 253 g/mol. The molecule has 6 heteroatoms. The van der Waals surface area contributed by atoms with E-state index < -0.39 is 18.4 Å². The molecule has 0 radical (unpaired) electrons. The van der Waals surface area contributed by atoms with E-state index in [1.54, 1.807) is 6.92 Å². The Morgan fingerprint density at radius 3 is 2.56 bits per heavy atom. The molecule has 1 atom stereocenters. The van der Waals surface area contributed by atoms with Crippen molar-refractivity contribution in [3.63, 3.8) is 0 Å². The molecular weight excluding hydrogens is 238 g/mol. The largest absolute Gasteiger partial charge is 0.508 e. The molecule has 0 fully saturated rings. The molecular formula is C12H15NO5. The van der Waals surface area contributed by atoms with E-state index in [0.717, 1.165) is 0 Å². The van der Waals surface area contributed by atoms with Gasteiger partial charge in [-0.1, -0.05) is 13.0 Å². The Labute approximate surface area is 104 Å². The molecule has 4 N–H and O–H groups in total. The number of carboxylic acids is 1. The van der Waals surface area contributed by atoms with E-state index >= 15 is 0 Å². The number of carboxylic acid groups (broad SMARTS) is 1. The Bertz CT molecular complexity index is 458. The van der Waals surface area contributed by atoms with Crippen molar-refractivity contribution in [3.05, 3.63) is 23.8 Å². The number of phenols is 2. The Morgan fingerprint density at radius 1 is 1.33 bits per heavy atom. The number of carbonyl (C=O) groups excluding carboxylic acids is 1. The molecule has 98 valence electrons. The number of hydrogen-bond acceptors (Lipinski definition) is 4. The third-order valence-corrected chi connectivity index (χ3v) is 2.47. The Morgan fingerprint density at radius 2 is 2.00 bits per heavy atom. The van der Waals surface area contributed by atoms with Crippen molar-refractivity contribution in [1.82, 2.24) is 5.32 Å². The molecule has 0 aliphatic carbocycles. The number of amides is 1. The highest BCUT2D eigenvalue weighted by Gasteiger charge is 2.15. The van der Waals surface area contributed by atoms with Crippen LogP contribution in [0.2, 0.25) is 0 Å². The van der Waals surface area contributed by atoms with E-state index in [1.165, 1.54) is 18.2 Å². The van der Waals surface area contributed by atoms with E-state index in [0.29, 0.717) is 5.56 Å². The van der Waals surface area contributed by atoms with Crippen LogP contribution in [-0.4, -0.2) is 33.7 Å². The van der Waals surface area contributed by atoms with E-state index in [-0.39, 0.29) is 23.8 Å². The summed E-state index contributed by atoms with van der Waals surface area (Å²) >= 11 is 0. The third kappa shape index (κ3) is 3.97. The van der Waals surface area contributed by atoms with E-state index in [4.69, 9.17) is 10.2 Å². The number of aliphatic carboxylic acids is 1. The summed E-state index contributed by atoms with van der Waals surface area (Å²) in [6.07, 6.45) is 0.0611. The first-order chi connectivity index (χ1) is 8.40. The molecule has 0 bridgehead atoms. The molecule has 1 amide bonds. The van der Waals surface area contributed by atoms with Crippen molar-refractivity contribution < 1.29 is 24.9 Å². The lowest BCUT2D eigenvalue weighted by atomic mass is 9.96. The maximum atomic E-state index is 11.4. The van der Waals surface area contributed by atoms with Gasteiger partial charge < -0.3 is 20.6 Å². The minimum Gasteiger partial charge on any atom is -0.508 e. The fourth-order valence-corrected chi connectivity index (χ4v) is 1.58. The summed E-state index contributed by atoms with van der Waals surface area (Å²) < 4.78 is 0. The summed E-state index contributed by atoms with van der Waals surface area (Å²) in [5.74, 6) is -1.94. The third-order valence-electron chi connectivity index (χ3n) is 2.47. The summed E-state index contributed by atoms with van der Waals surface area (Å²) in [6.45, 7) is 1.31. The summed E-state index contributed by atoms with van der Waals surface area (Å²) in [7, 11) is 0. The average Bonchev–Trinajstić information content (AvgIpc) is 2.26. The Kier molecular flexibility index (Phi) is 4.53. The van der Waals surface area contributed by atoms with E-state index in [9.17, 15) is 14.7 Å². The molecule has 0 aliphatic heterocycles. The van der Waals surface area contributed by atoms with Crippen molar-refractivity contribution in [1.29, 1.82) is 0 Å². The minimum atomic E-state index is -1.11. The first-order valence-corrected chi connectivity index (χ1v) is 5.40. The van der Waals surface area contributed by atoms with Crippen molar-refractivity contribution in [2.45, 2.75) is 19.3 Å². The second-order valence-corrected chi connectivity index (χ2v) is 4.02. The molecule has 1 aromatic rings. The van der Waals surface area contributed by atoms with Gasteiger partial charge in [-0.2, -0.15) is 0 Å². The van der Waals surface area contributed by atoms with E-state index in [1.807, 2.05) is 0 Å². The highest BCUT2D eigenvalue weighted by Crippen LogP contribution is 2.30. The van der Waals surface area contributed by atoms with Crippen molar-refractivity contribution in [3.8, 4) is 11.5 Å². The van der Waals surface area contributed by atoms with Crippen molar-refractivity contribution >= 4 is 11.9 Å². The number of carbonyl (C=O) groups is 2. The summed E-state index contributed by atoms with van der Waals surface area (Å²) in [4.78, 5) is 21.7. The fraction of sp³-hybridized carbons (Fsp3) is 0.333. The SMILES string of the molecule is CC(CC(=O)NCC(=O)O)c1ccc(O)cc1O. The second kappa shape index (κ2) is 5.90.